The van der Waals surface area contributed by atoms with Crippen molar-refractivity contribution in [2.24, 2.45) is 0 Å². The highest BCUT2D eigenvalue weighted by Gasteiger charge is 2.67. The van der Waals surface area contributed by atoms with Crippen molar-refractivity contribution in [3.63, 3.8) is 0 Å². The number of hydrogen-bond acceptors (Lipinski definition) is 6. The number of guanidine groups is 2. The molecular weight excluding hydrogens is 478 g/mol. The monoisotopic (exact) mass is 509 g/mol. The number of aliphatic hydroxyl groups excluding tert-OH is 1. The van der Waals surface area contributed by atoms with Gasteiger partial charge in [0.25, 0.3) is 5.91 Å². The molecule has 0 aromatic heterocycles. The van der Waals surface area contributed by atoms with Crippen LogP contribution in [0, 0.1) is 10.8 Å². The van der Waals surface area contributed by atoms with E-state index in [4.69, 9.17) is 10.8 Å². The van der Waals surface area contributed by atoms with Crippen LogP contribution in [0.4, 0.5) is 4.79 Å². The number of aliphatic hydroxyl groups is 1. The predicted octanol–water partition coefficient (Wildman–Crippen LogP) is -1.67. The van der Waals surface area contributed by atoms with E-state index in [0.29, 0.717) is 5.56 Å². The first-order valence-electron chi connectivity index (χ1n) is 12.6. The van der Waals surface area contributed by atoms with Crippen LogP contribution in [0.1, 0.15) is 34.3 Å². The lowest BCUT2D eigenvalue weighted by Crippen LogP contribution is -2.78. The molecule has 1 aromatic carbocycles. The number of carbonyl (C=O) groups excluding carboxylic acids is 3. The van der Waals surface area contributed by atoms with Crippen LogP contribution in [-0.4, -0.2) is 106 Å². The van der Waals surface area contributed by atoms with Gasteiger partial charge in [-0.1, -0.05) is 12.1 Å². The Morgan fingerprint density at radius 3 is 2.76 bits per heavy atom. The Hall–Kier alpha value is -3.87. The maximum absolute atomic E-state index is 13.4. The molecule has 4 amide bonds. The number of nitrogens with zero attached hydrogens (tertiary/aromatic N) is 3. The summed E-state index contributed by atoms with van der Waals surface area (Å²) in [6.07, 6.45) is 2.73. The Morgan fingerprint density at radius 1 is 1.22 bits per heavy atom. The quantitative estimate of drug-likeness (QED) is 0.236. The molecule has 13 nitrogen and oxygen atoms in total. The van der Waals surface area contributed by atoms with Gasteiger partial charge in [-0.15, -0.1) is 0 Å². The van der Waals surface area contributed by atoms with Gasteiger partial charge in [0, 0.05) is 19.2 Å². The zero-order valence-electron chi connectivity index (χ0n) is 20.5. The summed E-state index contributed by atoms with van der Waals surface area (Å²) in [4.78, 5) is 42.3. The molecule has 7 N–H and O–H groups in total. The van der Waals surface area contributed by atoms with E-state index in [-0.39, 0.29) is 43.4 Å². The van der Waals surface area contributed by atoms with Gasteiger partial charge in [-0.2, -0.15) is 0 Å². The topological polar surface area (TPSA) is 177 Å². The molecule has 37 heavy (non-hydrogen) atoms. The molecule has 1 spiro atoms. The molecule has 0 saturated carbocycles. The second-order valence-corrected chi connectivity index (χ2v) is 10.5. The van der Waals surface area contributed by atoms with Crippen molar-refractivity contribution in [1.29, 1.82) is 10.8 Å². The van der Waals surface area contributed by atoms with Gasteiger partial charge in [-0.05, 0) is 42.9 Å². The number of carbonyl (C=O) groups is 3. The summed E-state index contributed by atoms with van der Waals surface area (Å²) in [6, 6.07) is 3.27. The number of fused-ring (bicyclic) bond motifs is 1. The molecule has 4 saturated heterocycles. The third kappa shape index (κ3) is 3.44. The lowest BCUT2D eigenvalue weighted by molar-refractivity contribution is -0.125. The standard InChI is InChI=1S/C24H31N9O4/c1-31-11-17(34)32(23(31)37)9-15-18-24(30-21(25)29-18)19(35)16(10-33(24)22(26)28-15)27-20(36)14-8-4-6-12-5-2-3-7-13(12)14/h4,6,8,15-16,18-19,35H,2-3,5,7,9-11H2,1H3,(H2,26,28)(H,27,36)(H3,25,29,30)/t15-,16?,18?,19+,24?/m0/s1. The minimum Gasteiger partial charge on any atom is -0.386 e. The Kier molecular flexibility index (Phi) is 5.30. The van der Waals surface area contributed by atoms with Gasteiger partial charge in [0.05, 0.1) is 24.7 Å². The second-order valence-electron chi connectivity index (χ2n) is 10.5. The molecule has 13 heteroatoms. The van der Waals surface area contributed by atoms with Crippen LogP contribution < -0.4 is 21.3 Å². The van der Waals surface area contributed by atoms with Crippen molar-refractivity contribution in [2.75, 3.05) is 26.7 Å². The number of urea groups is 1. The first-order chi connectivity index (χ1) is 17.7. The highest BCUT2D eigenvalue weighted by Crippen LogP contribution is 2.38. The number of imide groups is 1. The lowest BCUT2D eigenvalue weighted by atomic mass is 9.86. The number of likely N-dealkylation sites (N-methyl/N-ethyl adjacent to an activating group) is 1. The minimum atomic E-state index is -1.31. The van der Waals surface area contributed by atoms with Crippen molar-refractivity contribution in [2.45, 2.75) is 55.6 Å². The number of hydrogen-bond donors (Lipinski definition) is 7. The Labute approximate surface area is 213 Å². The van der Waals surface area contributed by atoms with Crippen molar-refractivity contribution >= 4 is 29.8 Å². The maximum atomic E-state index is 13.4. The largest absolute Gasteiger partial charge is 0.386 e. The summed E-state index contributed by atoms with van der Waals surface area (Å²) < 4.78 is 0. The average molecular weight is 510 g/mol. The molecule has 6 rings (SSSR count). The molecule has 5 atom stereocenters. The van der Waals surface area contributed by atoms with Crippen molar-refractivity contribution in [3.8, 4) is 0 Å². The van der Waals surface area contributed by atoms with Crippen LogP contribution in [0.3, 0.4) is 0 Å². The lowest BCUT2D eigenvalue weighted by Gasteiger charge is -2.49. The molecular formula is C24H31N9O4. The molecule has 196 valence electrons. The van der Waals surface area contributed by atoms with Gasteiger partial charge >= 0.3 is 6.03 Å². The average Bonchev–Trinajstić information content (AvgIpc) is 3.46. The highest BCUT2D eigenvalue weighted by atomic mass is 16.3. The number of rotatable bonds is 4. The summed E-state index contributed by atoms with van der Waals surface area (Å²) in [7, 11) is 1.54. The SMILES string of the molecule is CN1CC(=O)N(C[C@@H]2NC(=N)N3CC(NC(=O)c4cccc5c4CCCC5)[C@@H](O)C34NC(=N)NC24)C1=O. The molecule has 4 heterocycles. The molecule has 3 unspecified atom stereocenters. The van der Waals surface area contributed by atoms with Crippen LogP contribution in [0.15, 0.2) is 18.2 Å². The summed E-state index contributed by atoms with van der Waals surface area (Å²) in [6.45, 7) is 0.0854. The fraction of sp³-hybridized carbons (Fsp3) is 0.542. The minimum absolute atomic E-state index is 0.0215. The van der Waals surface area contributed by atoms with Crippen LogP contribution in [0.5, 0.6) is 0 Å². The molecule has 4 fully saturated rings. The fourth-order valence-corrected chi connectivity index (χ4v) is 6.57. The van der Waals surface area contributed by atoms with E-state index >= 15 is 0 Å². The van der Waals surface area contributed by atoms with E-state index in [2.05, 4.69) is 27.3 Å². The van der Waals surface area contributed by atoms with E-state index in [0.717, 1.165) is 36.1 Å². The zero-order valence-corrected chi connectivity index (χ0v) is 20.5. The Balaban J connectivity index is 1.26. The van der Waals surface area contributed by atoms with E-state index in [1.807, 2.05) is 6.07 Å². The smallest absolute Gasteiger partial charge is 0.327 e. The summed E-state index contributed by atoms with van der Waals surface area (Å²) in [5, 5.41) is 40.6. The van der Waals surface area contributed by atoms with E-state index in [1.54, 1.807) is 18.0 Å². The van der Waals surface area contributed by atoms with Gasteiger partial charge in [0.1, 0.15) is 12.6 Å². The van der Waals surface area contributed by atoms with Gasteiger partial charge in [0.15, 0.2) is 17.6 Å². The third-order valence-electron chi connectivity index (χ3n) is 8.32. The van der Waals surface area contributed by atoms with Crippen molar-refractivity contribution in [3.05, 3.63) is 34.9 Å². The van der Waals surface area contributed by atoms with Crippen LogP contribution in [0.25, 0.3) is 0 Å². The molecule has 1 aromatic rings. The number of aryl methyl sites for hydroxylation is 1. The van der Waals surface area contributed by atoms with Crippen LogP contribution in [-0.2, 0) is 17.6 Å². The fourth-order valence-electron chi connectivity index (χ4n) is 6.57. The number of nitrogens with one attached hydrogen (secondary N) is 6. The molecule has 1 aliphatic carbocycles. The summed E-state index contributed by atoms with van der Waals surface area (Å²) in [5.41, 5.74) is 1.53. The van der Waals surface area contributed by atoms with Gasteiger partial charge in [-0.25, -0.2) is 4.79 Å². The third-order valence-corrected chi connectivity index (χ3v) is 8.32. The van der Waals surface area contributed by atoms with Crippen LogP contribution >= 0.6 is 0 Å². The Morgan fingerprint density at radius 2 is 2.00 bits per heavy atom. The van der Waals surface area contributed by atoms with Gasteiger partial charge < -0.3 is 36.2 Å². The van der Waals surface area contributed by atoms with E-state index in [9.17, 15) is 19.5 Å². The molecule has 4 aliphatic heterocycles. The normalized spacial score (nSPS) is 32.4. The van der Waals surface area contributed by atoms with Crippen molar-refractivity contribution in [1.82, 2.24) is 36.0 Å². The Bertz CT molecular complexity index is 1220. The van der Waals surface area contributed by atoms with E-state index < -0.39 is 35.9 Å². The molecule has 0 radical (unpaired) electrons. The molecule has 0 bridgehead atoms. The van der Waals surface area contributed by atoms with Crippen LogP contribution in [0.2, 0.25) is 0 Å². The number of benzene rings is 1. The summed E-state index contributed by atoms with van der Waals surface area (Å²) in [5.74, 6) is -0.688. The van der Waals surface area contributed by atoms with Gasteiger partial charge in [0.2, 0.25) is 5.91 Å². The first kappa shape index (κ1) is 23.5. The van der Waals surface area contributed by atoms with Gasteiger partial charge in [-0.3, -0.25) is 25.3 Å². The second kappa shape index (κ2) is 8.33. The summed E-state index contributed by atoms with van der Waals surface area (Å²) >= 11 is 0. The van der Waals surface area contributed by atoms with E-state index in [1.165, 1.54) is 10.5 Å². The number of amides is 4. The maximum Gasteiger partial charge on any atom is 0.327 e. The van der Waals surface area contributed by atoms with Crippen molar-refractivity contribution < 1.29 is 19.5 Å². The molecule has 5 aliphatic rings. The first-order valence-corrected chi connectivity index (χ1v) is 12.6. The predicted molar refractivity (Wildman–Crippen MR) is 132 cm³/mol. The highest BCUT2D eigenvalue weighted by molar-refractivity contribution is 6.02. The zero-order chi connectivity index (χ0) is 26.1.